The molecule has 6 rings (SSSR count). The van der Waals surface area contributed by atoms with E-state index in [-0.39, 0.29) is 23.8 Å². The van der Waals surface area contributed by atoms with Crippen LogP contribution in [0.1, 0.15) is 35.9 Å². The number of carbonyl (C=O) groups excluding carboxylic acids is 1. The minimum absolute atomic E-state index is 0.0534. The van der Waals surface area contributed by atoms with E-state index in [0.29, 0.717) is 35.5 Å². The lowest BCUT2D eigenvalue weighted by Gasteiger charge is -2.57. The fourth-order valence-electron chi connectivity index (χ4n) is 4.71. The largest absolute Gasteiger partial charge is 0.491 e. The monoisotopic (exact) mass is 394 g/mol. The Labute approximate surface area is 168 Å². The molecule has 1 aliphatic carbocycles. The predicted octanol–water partition coefficient (Wildman–Crippen LogP) is 3.49. The van der Waals surface area contributed by atoms with Crippen molar-refractivity contribution in [3.05, 3.63) is 60.1 Å². The number of halogens is 1. The zero-order valence-corrected chi connectivity index (χ0v) is 16.5. The molecule has 150 valence electrons. The Kier molecular flexibility index (Phi) is 4.26. The molecule has 4 heterocycles. The topological polar surface area (TPSA) is 59.7 Å². The van der Waals surface area contributed by atoms with Crippen LogP contribution in [0.2, 0.25) is 0 Å². The summed E-state index contributed by atoms with van der Waals surface area (Å²) in [4.78, 5) is 24.5. The maximum atomic E-state index is 13.6. The Hall–Kier alpha value is -2.96. The van der Waals surface area contributed by atoms with Crippen LogP contribution in [0.15, 0.2) is 42.9 Å². The zero-order valence-electron chi connectivity index (χ0n) is 16.5. The summed E-state index contributed by atoms with van der Waals surface area (Å²) in [5, 5.41) is 0. The zero-order chi connectivity index (χ0) is 20.1. The molecule has 2 atom stereocenters. The Bertz CT molecular complexity index is 1060. The maximum absolute atomic E-state index is 13.6. The molecule has 1 saturated carbocycles. The molecule has 7 heteroatoms. The van der Waals surface area contributed by atoms with E-state index in [0.717, 1.165) is 18.5 Å². The summed E-state index contributed by atoms with van der Waals surface area (Å²) in [5.74, 6) is 1.16. The van der Waals surface area contributed by atoms with E-state index in [1.807, 2.05) is 28.6 Å². The summed E-state index contributed by atoms with van der Waals surface area (Å²) in [6, 6.07) is 6.15. The summed E-state index contributed by atoms with van der Waals surface area (Å²) in [6.07, 6.45) is 7.42. The van der Waals surface area contributed by atoms with Gasteiger partial charge in [0.1, 0.15) is 18.2 Å². The van der Waals surface area contributed by atoms with Gasteiger partial charge in [0.15, 0.2) is 11.3 Å². The van der Waals surface area contributed by atoms with E-state index >= 15 is 0 Å². The van der Waals surface area contributed by atoms with E-state index in [1.165, 1.54) is 12.1 Å². The number of benzene rings is 1. The molecule has 2 aliphatic heterocycles. The number of fused-ring (bicyclic) bond motifs is 3. The van der Waals surface area contributed by atoms with Crippen molar-refractivity contribution in [1.29, 1.82) is 0 Å². The first-order valence-corrected chi connectivity index (χ1v) is 10.0. The molecule has 3 aliphatic rings. The van der Waals surface area contributed by atoms with Crippen molar-refractivity contribution in [3.63, 3.8) is 0 Å². The second-order valence-electron chi connectivity index (χ2n) is 8.18. The standard InChI is InChI=1S/C22H23FN4O2/c1-13-11-26-8-7-24-21(26)20(25-13)22(28)27-17-9-15(10-17)14(2)19(27)12-29-18-5-3-16(23)4-6-18/h3-8,11,14-15,17,19H,9-10,12H2,1-2H3. The molecule has 2 saturated heterocycles. The highest BCUT2D eigenvalue weighted by Crippen LogP contribution is 2.47. The number of nitrogens with zero attached hydrogens (tertiary/aromatic N) is 4. The van der Waals surface area contributed by atoms with Gasteiger partial charge < -0.3 is 14.0 Å². The van der Waals surface area contributed by atoms with E-state index in [2.05, 4.69) is 16.9 Å². The summed E-state index contributed by atoms with van der Waals surface area (Å²) in [6.45, 7) is 4.44. The van der Waals surface area contributed by atoms with E-state index in [4.69, 9.17) is 4.74 Å². The van der Waals surface area contributed by atoms with Crippen molar-refractivity contribution in [1.82, 2.24) is 19.3 Å². The molecule has 2 aromatic heterocycles. The third-order valence-electron chi connectivity index (χ3n) is 6.42. The Balaban J connectivity index is 1.44. The SMILES string of the molecule is Cc1cn2ccnc2c(C(=O)N2C3CC(C3)C(C)C2COc2ccc(F)cc2)n1. The van der Waals surface area contributed by atoms with E-state index in [9.17, 15) is 9.18 Å². The Morgan fingerprint density at radius 1 is 1.28 bits per heavy atom. The average Bonchev–Trinajstić information content (AvgIpc) is 3.14. The lowest BCUT2D eigenvalue weighted by Crippen LogP contribution is -2.64. The number of rotatable bonds is 4. The number of aromatic nitrogens is 3. The quantitative estimate of drug-likeness (QED) is 0.680. The number of hydrogen-bond donors (Lipinski definition) is 0. The molecule has 6 nitrogen and oxygen atoms in total. The highest BCUT2D eigenvalue weighted by Gasteiger charge is 2.51. The summed E-state index contributed by atoms with van der Waals surface area (Å²) in [7, 11) is 0. The molecule has 1 amide bonds. The van der Waals surface area contributed by atoms with Crippen molar-refractivity contribution >= 4 is 11.6 Å². The first-order valence-electron chi connectivity index (χ1n) is 10.0. The van der Waals surface area contributed by atoms with Crippen molar-refractivity contribution in [3.8, 4) is 5.75 Å². The number of amides is 1. The first kappa shape index (κ1) is 18.1. The summed E-state index contributed by atoms with van der Waals surface area (Å²) < 4.78 is 21.0. The van der Waals surface area contributed by atoms with Gasteiger partial charge in [0.05, 0.1) is 11.7 Å². The van der Waals surface area contributed by atoms with Crippen LogP contribution in [0, 0.1) is 24.6 Å². The molecule has 29 heavy (non-hydrogen) atoms. The molecular formula is C22H23FN4O2. The molecule has 3 aromatic rings. The second-order valence-corrected chi connectivity index (χ2v) is 8.18. The second kappa shape index (κ2) is 6.83. The van der Waals surface area contributed by atoms with Crippen LogP contribution in [-0.4, -0.2) is 43.9 Å². The van der Waals surface area contributed by atoms with Crippen LogP contribution >= 0.6 is 0 Å². The van der Waals surface area contributed by atoms with Crippen LogP contribution in [0.3, 0.4) is 0 Å². The van der Waals surface area contributed by atoms with Gasteiger partial charge in [-0.25, -0.2) is 14.4 Å². The normalized spacial score (nSPS) is 25.7. The molecule has 1 aromatic carbocycles. The smallest absolute Gasteiger partial charge is 0.276 e. The lowest BCUT2D eigenvalue weighted by molar-refractivity contribution is -0.0672. The van der Waals surface area contributed by atoms with Gasteiger partial charge in [-0.2, -0.15) is 0 Å². The van der Waals surface area contributed by atoms with Gasteiger partial charge in [-0.05, 0) is 55.9 Å². The average molecular weight is 394 g/mol. The highest BCUT2D eigenvalue weighted by atomic mass is 19.1. The molecule has 0 N–H and O–H groups in total. The fraction of sp³-hybridized carbons (Fsp3) is 0.409. The van der Waals surface area contributed by atoms with Crippen LogP contribution in [0.4, 0.5) is 4.39 Å². The Morgan fingerprint density at radius 3 is 2.79 bits per heavy atom. The van der Waals surface area contributed by atoms with E-state index < -0.39 is 0 Å². The van der Waals surface area contributed by atoms with E-state index in [1.54, 1.807) is 18.3 Å². The van der Waals surface area contributed by atoms with Gasteiger partial charge in [-0.1, -0.05) is 6.92 Å². The number of ether oxygens (including phenoxy) is 1. The highest BCUT2D eigenvalue weighted by molar-refractivity contribution is 5.98. The minimum atomic E-state index is -0.296. The third kappa shape index (κ3) is 3.05. The summed E-state index contributed by atoms with van der Waals surface area (Å²) in [5.41, 5.74) is 1.74. The van der Waals surface area contributed by atoms with Crippen molar-refractivity contribution in [2.24, 2.45) is 11.8 Å². The lowest BCUT2D eigenvalue weighted by atomic mass is 9.64. The maximum Gasteiger partial charge on any atom is 0.276 e. The van der Waals surface area contributed by atoms with Crippen LogP contribution in [-0.2, 0) is 0 Å². The van der Waals surface area contributed by atoms with Crippen molar-refractivity contribution in [2.75, 3.05) is 6.61 Å². The van der Waals surface area contributed by atoms with Gasteiger partial charge in [0.2, 0.25) is 0 Å². The first-order chi connectivity index (χ1) is 14.0. The number of hydrogen-bond acceptors (Lipinski definition) is 4. The van der Waals surface area contributed by atoms with Crippen LogP contribution in [0.25, 0.3) is 5.65 Å². The fourth-order valence-corrected chi connectivity index (χ4v) is 4.71. The third-order valence-corrected chi connectivity index (χ3v) is 6.42. The Morgan fingerprint density at radius 2 is 2.03 bits per heavy atom. The van der Waals surface area contributed by atoms with Crippen LogP contribution in [0.5, 0.6) is 5.75 Å². The van der Waals surface area contributed by atoms with Gasteiger partial charge in [0.25, 0.3) is 5.91 Å². The van der Waals surface area contributed by atoms with Gasteiger partial charge >= 0.3 is 0 Å². The summed E-state index contributed by atoms with van der Waals surface area (Å²) >= 11 is 0. The van der Waals surface area contributed by atoms with Crippen molar-refractivity contribution in [2.45, 2.75) is 38.8 Å². The van der Waals surface area contributed by atoms with Crippen molar-refractivity contribution < 1.29 is 13.9 Å². The molecule has 2 bridgehead atoms. The van der Waals surface area contributed by atoms with Gasteiger partial charge in [0, 0.05) is 24.6 Å². The van der Waals surface area contributed by atoms with Crippen LogP contribution < -0.4 is 4.74 Å². The molecule has 2 unspecified atom stereocenters. The van der Waals surface area contributed by atoms with Gasteiger partial charge in [-0.3, -0.25) is 4.79 Å². The number of aryl methyl sites for hydroxylation is 1. The predicted molar refractivity (Wildman–Crippen MR) is 105 cm³/mol. The van der Waals surface area contributed by atoms with Gasteiger partial charge in [-0.15, -0.1) is 0 Å². The molecule has 3 fully saturated rings. The molecule has 0 spiro atoms. The number of imidazole rings is 1. The molecular weight excluding hydrogens is 371 g/mol. The number of carbonyl (C=O) groups is 1. The minimum Gasteiger partial charge on any atom is -0.491 e. The number of piperidine rings is 2. The molecule has 0 radical (unpaired) electrons.